The molecule has 2 amide bonds. The van der Waals surface area contributed by atoms with Gasteiger partial charge in [0, 0.05) is 5.69 Å². The van der Waals surface area contributed by atoms with Gasteiger partial charge in [-0.25, -0.2) is 5.43 Å². The molecule has 0 saturated heterocycles. The second kappa shape index (κ2) is 12.2. The van der Waals surface area contributed by atoms with E-state index in [1.165, 1.54) is 11.8 Å². The molecular weight excluding hydrogens is 430 g/mol. The monoisotopic (exact) mass is 459 g/mol. The van der Waals surface area contributed by atoms with E-state index >= 15 is 0 Å². The van der Waals surface area contributed by atoms with Crippen molar-refractivity contribution in [2.24, 2.45) is 5.10 Å². The number of anilines is 1. The highest BCUT2D eigenvalue weighted by molar-refractivity contribution is 6.04. The molecule has 0 bridgehead atoms. The van der Waals surface area contributed by atoms with Crippen LogP contribution in [0, 0.1) is 13.8 Å². The van der Waals surface area contributed by atoms with Gasteiger partial charge in [-0.1, -0.05) is 48.0 Å². The Hall–Kier alpha value is -4.13. The van der Waals surface area contributed by atoms with Crippen LogP contribution in [0.4, 0.5) is 5.69 Å². The van der Waals surface area contributed by atoms with Crippen molar-refractivity contribution in [3.63, 3.8) is 0 Å². The molecule has 2 N–H and O–H groups in total. The van der Waals surface area contributed by atoms with Crippen LogP contribution in [0.5, 0.6) is 11.5 Å². The molecule has 3 aromatic rings. The minimum absolute atomic E-state index is 0.332. The van der Waals surface area contributed by atoms with Crippen molar-refractivity contribution in [1.29, 1.82) is 0 Å². The third kappa shape index (κ3) is 7.48. The van der Waals surface area contributed by atoms with Gasteiger partial charge in [0.1, 0.15) is 13.0 Å². The van der Waals surface area contributed by atoms with Gasteiger partial charge >= 0.3 is 0 Å². The number of benzene rings is 3. The van der Waals surface area contributed by atoms with Crippen LogP contribution in [0.1, 0.15) is 35.6 Å². The van der Waals surface area contributed by atoms with Gasteiger partial charge in [0.2, 0.25) is 11.8 Å². The molecule has 3 rings (SSSR count). The number of para-hydroxylation sites is 1. The normalized spacial score (nSPS) is 10.7. The Balaban J connectivity index is 1.54. The van der Waals surface area contributed by atoms with Gasteiger partial charge in [-0.15, -0.1) is 0 Å². The number of rotatable bonds is 10. The second-order valence-electron chi connectivity index (χ2n) is 7.75. The predicted octanol–water partition coefficient (Wildman–Crippen LogP) is 4.76. The van der Waals surface area contributed by atoms with Gasteiger partial charge in [-0.05, 0) is 61.7 Å². The van der Waals surface area contributed by atoms with Crippen molar-refractivity contribution in [3.8, 4) is 11.5 Å². The van der Waals surface area contributed by atoms with Crippen LogP contribution in [0.25, 0.3) is 0 Å². The Morgan fingerprint density at radius 2 is 1.68 bits per heavy atom. The Labute approximate surface area is 199 Å². The van der Waals surface area contributed by atoms with E-state index in [4.69, 9.17) is 9.47 Å². The molecule has 0 aliphatic carbocycles. The first kappa shape index (κ1) is 24.5. The molecule has 0 aromatic heterocycles. The van der Waals surface area contributed by atoms with Crippen LogP contribution in [-0.4, -0.2) is 24.6 Å². The third-order valence-electron chi connectivity index (χ3n) is 4.93. The summed E-state index contributed by atoms with van der Waals surface area (Å²) in [5.74, 6) is 0.292. The summed E-state index contributed by atoms with van der Waals surface area (Å²) in [5, 5.41) is 6.67. The van der Waals surface area contributed by atoms with Gasteiger partial charge in [0.05, 0.1) is 12.8 Å². The first-order valence-electron chi connectivity index (χ1n) is 11.1. The van der Waals surface area contributed by atoms with Crippen molar-refractivity contribution >= 4 is 23.7 Å². The smallest absolute Gasteiger partial charge is 0.249 e. The summed E-state index contributed by atoms with van der Waals surface area (Å²) < 4.78 is 11.6. The Morgan fingerprint density at radius 3 is 2.41 bits per heavy atom. The van der Waals surface area contributed by atoms with E-state index in [2.05, 4.69) is 15.8 Å². The van der Waals surface area contributed by atoms with Crippen LogP contribution in [0.3, 0.4) is 0 Å². The van der Waals surface area contributed by atoms with E-state index in [0.29, 0.717) is 30.4 Å². The summed E-state index contributed by atoms with van der Waals surface area (Å²) in [6, 6.07) is 20.9. The van der Waals surface area contributed by atoms with E-state index in [-0.39, 0.29) is 6.42 Å². The molecule has 0 fully saturated rings. The van der Waals surface area contributed by atoms with Gasteiger partial charge in [0.25, 0.3) is 0 Å². The van der Waals surface area contributed by atoms with E-state index in [1.54, 1.807) is 18.2 Å². The van der Waals surface area contributed by atoms with Crippen LogP contribution < -0.4 is 20.2 Å². The highest BCUT2D eigenvalue weighted by atomic mass is 16.5. The van der Waals surface area contributed by atoms with Crippen LogP contribution in [-0.2, 0) is 16.2 Å². The first-order chi connectivity index (χ1) is 16.4. The average Bonchev–Trinajstić information content (AvgIpc) is 2.81. The van der Waals surface area contributed by atoms with Crippen LogP contribution >= 0.6 is 0 Å². The number of hydrazone groups is 1. The standard InChI is InChI=1S/C27H29N3O4/c1-4-33-25-15-22(13-14-24(25)34-18-21-11-9-19(2)10-12-21)17-28-30-27(32)16-26(31)29-23-8-6-5-7-20(23)3/h5-15,17H,4,16,18H2,1-3H3,(H,29,31)(H,30,32). The maximum absolute atomic E-state index is 12.1. The Morgan fingerprint density at radius 1 is 0.912 bits per heavy atom. The molecule has 0 spiro atoms. The van der Waals surface area contributed by atoms with E-state index in [1.807, 2.05) is 69.3 Å². The van der Waals surface area contributed by atoms with Gasteiger partial charge in [-0.3, -0.25) is 9.59 Å². The lowest BCUT2D eigenvalue weighted by Crippen LogP contribution is -2.24. The first-order valence-corrected chi connectivity index (χ1v) is 11.1. The molecule has 0 saturated carbocycles. The van der Waals surface area contributed by atoms with Crippen LogP contribution in [0.2, 0.25) is 0 Å². The SMILES string of the molecule is CCOc1cc(C=NNC(=O)CC(=O)Nc2ccccc2C)ccc1OCc1ccc(C)cc1. The molecule has 0 atom stereocenters. The molecule has 176 valence electrons. The number of nitrogens with one attached hydrogen (secondary N) is 2. The van der Waals surface area contributed by atoms with Crippen molar-refractivity contribution < 1.29 is 19.1 Å². The van der Waals surface area contributed by atoms with Crippen molar-refractivity contribution in [2.45, 2.75) is 33.8 Å². The fourth-order valence-electron chi connectivity index (χ4n) is 3.11. The molecule has 7 nitrogen and oxygen atoms in total. The van der Waals surface area contributed by atoms with E-state index in [9.17, 15) is 9.59 Å². The minimum atomic E-state index is -0.509. The number of aryl methyl sites for hydroxylation is 2. The number of amides is 2. The molecule has 0 aliphatic rings. The lowest BCUT2D eigenvalue weighted by molar-refractivity contribution is -0.126. The maximum atomic E-state index is 12.1. The summed E-state index contributed by atoms with van der Waals surface area (Å²) in [5.41, 5.74) is 6.95. The number of hydrogen-bond donors (Lipinski definition) is 2. The molecule has 34 heavy (non-hydrogen) atoms. The quantitative estimate of drug-likeness (QED) is 0.260. The summed E-state index contributed by atoms with van der Waals surface area (Å²) in [4.78, 5) is 24.1. The van der Waals surface area contributed by atoms with E-state index < -0.39 is 11.8 Å². The lowest BCUT2D eigenvalue weighted by atomic mass is 10.2. The Bertz CT molecular complexity index is 1160. The predicted molar refractivity (Wildman–Crippen MR) is 133 cm³/mol. The van der Waals surface area contributed by atoms with Crippen LogP contribution in [0.15, 0.2) is 71.8 Å². The fourth-order valence-corrected chi connectivity index (χ4v) is 3.11. The molecule has 7 heteroatoms. The molecule has 0 aliphatic heterocycles. The van der Waals surface area contributed by atoms with E-state index in [0.717, 1.165) is 16.7 Å². The molecular formula is C27H29N3O4. The molecule has 3 aromatic carbocycles. The summed E-state index contributed by atoms with van der Waals surface area (Å²) >= 11 is 0. The fraction of sp³-hybridized carbons (Fsp3) is 0.222. The number of carbonyl (C=O) groups excluding carboxylic acids is 2. The Kier molecular flexibility index (Phi) is 8.80. The molecule has 0 heterocycles. The zero-order valence-corrected chi connectivity index (χ0v) is 19.6. The minimum Gasteiger partial charge on any atom is -0.490 e. The average molecular weight is 460 g/mol. The zero-order chi connectivity index (χ0) is 24.3. The summed E-state index contributed by atoms with van der Waals surface area (Å²) in [6.07, 6.45) is 1.16. The highest BCUT2D eigenvalue weighted by Crippen LogP contribution is 2.29. The molecule has 0 unspecified atom stereocenters. The largest absolute Gasteiger partial charge is 0.490 e. The number of ether oxygens (including phenoxy) is 2. The van der Waals surface area contributed by atoms with Crippen molar-refractivity contribution in [3.05, 3.63) is 89.0 Å². The molecule has 0 radical (unpaired) electrons. The summed E-state index contributed by atoms with van der Waals surface area (Å²) in [7, 11) is 0. The topological polar surface area (TPSA) is 89.0 Å². The van der Waals surface area contributed by atoms with Gasteiger partial charge in [-0.2, -0.15) is 5.10 Å². The third-order valence-corrected chi connectivity index (χ3v) is 4.93. The highest BCUT2D eigenvalue weighted by Gasteiger charge is 2.10. The van der Waals surface area contributed by atoms with Gasteiger partial charge in [0.15, 0.2) is 11.5 Å². The maximum Gasteiger partial charge on any atom is 0.249 e. The van der Waals surface area contributed by atoms with Crippen molar-refractivity contribution in [1.82, 2.24) is 5.43 Å². The lowest BCUT2D eigenvalue weighted by Gasteiger charge is -2.13. The zero-order valence-electron chi connectivity index (χ0n) is 19.6. The summed E-state index contributed by atoms with van der Waals surface area (Å²) in [6.45, 7) is 6.73. The number of hydrogen-bond acceptors (Lipinski definition) is 5. The van der Waals surface area contributed by atoms with Crippen molar-refractivity contribution in [2.75, 3.05) is 11.9 Å². The number of nitrogens with zero attached hydrogens (tertiary/aromatic N) is 1. The van der Waals surface area contributed by atoms with Gasteiger partial charge < -0.3 is 14.8 Å². The second-order valence-corrected chi connectivity index (χ2v) is 7.75. The number of carbonyl (C=O) groups is 2.